The number of methoxy groups -OCH3 is 1. The first-order chi connectivity index (χ1) is 5.68. The molecule has 0 aromatic carbocycles. The van der Waals surface area contributed by atoms with Gasteiger partial charge in [-0.2, -0.15) is 0 Å². The molecule has 0 amide bonds. The van der Waals surface area contributed by atoms with Crippen molar-refractivity contribution < 1.29 is 9.22 Å². The van der Waals surface area contributed by atoms with Crippen molar-refractivity contribution in [3.05, 3.63) is 0 Å². The molecule has 0 unspecified atom stereocenters. The Morgan fingerprint density at radius 2 is 1.50 bits per heavy atom. The van der Waals surface area contributed by atoms with Gasteiger partial charge >= 0.3 is 0 Å². The van der Waals surface area contributed by atoms with E-state index >= 15 is 0 Å². The molecule has 0 heterocycles. The van der Waals surface area contributed by atoms with Crippen LogP contribution >= 0.6 is 0 Å². The molecule has 0 aliphatic heterocycles. The van der Waals surface area contributed by atoms with E-state index in [1.807, 2.05) is 0 Å². The molecule has 0 radical (unpaired) electrons. The Bertz CT molecular complexity index is 98.0. The lowest BCUT2D eigenvalue weighted by Gasteiger charge is -2.33. The summed E-state index contributed by atoms with van der Waals surface area (Å²) in [5.74, 6) is 0. The third-order valence-electron chi connectivity index (χ3n) is 2.36. The van der Waals surface area contributed by atoms with Gasteiger partial charge in [0.05, 0.1) is 26.7 Å². The standard InChI is InChI=1S/C10H24NO/c1-5-7-11(3,8-6-2)9-10-12-4/h5-10H2,1-4H3/q+1. The molecule has 0 bridgehead atoms. The summed E-state index contributed by atoms with van der Waals surface area (Å²) in [6.45, 7) is 9.08. The van der Waals surface area contributed by atoms with E-state index in [-0.39, 0.29) is 0 Å². The van der Waals surface area contributed by atoms with E-state index in [4.69, 9.17) is 4.74 Å². The predicted molar refractivity (Wildman–Crippen MR) is 53.2 cm³/mol. The molecule has 0 fully saturated rings. The van der Waals surface area contributed by atoms with Crippen molar-refractivity contribution in [1.29, 1.82) is 0 Å². The first-order valence-electron chi connectivity index (χ1n) is 5.01. The van der Waals surface area contributed by atoms with Gasteiger partial charge in [-0.1, -0.05) is 13.8 Å². The second-order valence-corrected chi connectivity index (χ2v) is 3.78. The molecule has 0 atom stereocenters. The molecule has 0 spiro atoms. The maximum Gasteiger partial charge on any atom is 0.102 e. The highest BCUT2D eigenvalue weighted by atomic mass is 16.5. The van der Waals surface area contributed by atoms with E-state index in [2.05, 4.69) is 20.9 Å². The van der Waals surface area contributed by atoms with Gasteiger partial charge in [-0.3, -0.25) is 0 Å². The quantitative estimate of drug-likeness (QED) is 0.536. The average molecular weight is 174 g/mol. The van der Waals surface area contributed by atoms with Crippen molar-refractivity contribution in [2.75, 3.05) is 40.4 Å². The predicted octanol–water partition coefficient (Wildman–Crippen LogP) is 1.90. The molecule has 0 aliphatic carbocycles. The van der Waals surface area contributed by atoms with Crippen molar-refractivity contribution in [3.63, 3.8) is 0 Å². The first kappa shape index (κ1) is 11.9. The van der Waals surface area contributed by atoms with E-state index in [0.717, 1.165) is 13.2 Å². The van der Waals surface area contributed by atoms with E-state index < -0.39 is 0 Å². The van der Waals surface area contributed by atoms with Crippen molar-refractivity contribution in [2.45, 2.75) is 26.7 Å². The molecule has 0 aromatic heterocycles. The Kier molecular flexibility index (Phi) is 6.39. The fourth-order valence-corrected chi connectivity index (χ4v) is 1.73. The lowest BCUT2D eigenvalue weighted by atomic mass is 10.3. The summed E-state index contributed by atoms with van der Waals surface area (Å²) in [4.78, 5) is 0. The SMILES string of the molecule is CCC[N+](C)(CCC)CCOC. The molecule has 0 saturated carbocycles. The molecule has 2 nitrogen and oxygen atoms in total. The normalized spacial score (nSPS) is 12.0. The van der Waals surface area contributed by atoms with Gasteiger partial charge in [0.2, 0.25) is 0 Å². The highest BCUT2D eigenvalue weighted by molar-refractivity contribution is 4.38. The van der Waals surface area contributed by atoms with Crippen LogP contribution in [0, 0.1) is 0 Å². The zero-order valence-electron chi connectivity index (χ0n) is 9.10. The van der Waals surface area contributed by atoms with Gasteiger partial charge in [-0.15, -0.1) is 0 Å². The molecule has 0 aromatic rings. The smallest absolute Gasteiger partial charge is 0.102 e. The van der Waals surface area contributed by atoms with Crippen LogP contribution in [0.5, 0.6) is 0 Å². The van der Waals surface area contributed by atoms with Gasteiger partial charge in [-0.25, -0.2) is 0 Å². The van der Waals surface area contributed by atoms with Crippen LogP contribution in [0.4, 0.5) is 0 Å². The van der Waals surface area contributed by atoms with Crippen molar-refractivity contribution in [3.8, 4) is 0 Å². The van der Waals surface area contributed by atoms with Gasteiger partial charge in [-0.05, 0) is 12.8 Å². The highest BCUT2D eigenvalue weighted by Crippen LogP contribution is 2.05. The summed E-state index contributed by atoms with van der Waals surface area (Å²) in [5.41, 5.74) is 0. The fourth-order valence-electron chi connectivity index (χ4n) is 1.73. The second kappa shape index (κ2) is 6.44. The largest absolute Gasteiger partial charge is 0.379 e. The number of hydrogen-bond acceptors (Lipinski definition) is 1. The zero-order valence-corrected chi connectivity index (χ0v) is 9.10. The molecule has 0 N–H and O–H groups in total. The van der Waals surface area contributed by atoms with Crippen molar-refractivity contribution >= 4 is 0 Å². The van der Waals surface area contributed by atoms with Crippen LogP contribution < -0.4 is 0 Å². The minimum absolute atomic E-state index is 0.885. The average Bonchev–Trinajstić information content (AvgIpc) is 2.02. The van der Waals surface area contributed by atoms with Gasteiger partial charge in [0.1, 0.15) is 6.54 Å². The maximum absolute atomic E-state index is 5.11. The Morgan fingerprint density at radius 1 is 1.00 bits per heavy atom. The highest BCUT2D eigenvalue weighted by Gasteiger charge is 2.18. The van der Waals surface area contributed by atoms with Crippen molar-refractivity contribution in [2.24, 2.45) is 0 Å². The first-order valence-corrected chi connectivity index (χ1v) is 5.01. The van der Waals surface area contributed by atoms with Crippen LogP contribution in [0.2, 0.25) is 0 Å². The molecular formula is C10H24NO+. The Morgan fingerprint density at radius 3 is 1.83 bits per heavy atom. The number of nitrogens with zero attached hydrogens (tertiary/aromatic N) is 1. The van der Waals surface area contributed by atoms with Crippen molar-refractivity contribution in [1.82, 2.24) is 0 Å². The lowest BCUT2D eigenvalue weighted by Crippen LogP contribution is -2.47. The number of hydrogen-bond donors (Lipinski definition) is 0. The van der Waals surface area contributed by atoms with E-state index in [0.29, 0.717) is 0 Å². The van der Waals surface area contributed by atoms with Gasteiger partial charge in [0.25, 0.3) is 0 Å². The van der Waals surface area contributed by atoms with Crippen LogP contribution in [0.15, 0.2) is 0 Å². The second-order valence-electron chi connectivity index (χ2n) is 3.78. The minimum Gasteiger partial charge on any atom is -0.379 e. The topological polar surface area (TPSA) is 9.23 Å². The Hall–Kier alpha value is -0.0800. The van der Waals surface area contributed by atoms with Crippen LogP contribution in [0.3, 0.4) is 0 Å². The Balaban J connectivity index is 3.80. The van der Waals surface area contributed by atoms with Crippen LogP contribution in [0.1, 0.15) is 26.7 Å². The summed E-state index contributed by atoms with van der Waals surface area (Å²) in [6, 6.07) is 0. The van der Waals surface area contributed by atoms with Crippen LogP contribution in [-0.2, 0) is 4.74 Å². The number of likely N-dealkylation sites (N-methyl/N-ethyl adjacent to an activating group) is 1. The van der Waals surface area contributed by atoms with E-state index in [9.17, 15) is 0 Å². The van der Waals surface area contributed by atoms with Crippen LogP contribution in [-0.4, -0.2) is 44.9 Å². The van der Waals surface area contributed by atoms with Crippen LogP contribution in [0.25, 0.3) is 0 Å². The minimum atomic E-state index is 0.885. The molecule has 2 heteroatoms. The zero-order chi connectivity index (χ0) is 9.45. The Labute approximate surface area is 77.1 Å². The number of ether oxygens (including phenoxy) is 1. The molecule has 0 rings (SSSR count). The van der Waals surface area contributed by atoms with E-state index in [1.165, 1.54) is 30.4 Å². The maximum atomic E-state index is 5.11. The van der Waals surface area contributed by atoms with Gasteiger partial charge in [0, 0.05) is 7.11 Å². The molecule has 74 valence electrons. The lowest BCUT2D eigenvalue weighted by molar-refractivity contribution is -0.910. The summed E-state index contributed by atoms with van der Waals surface area (Å²) in [6.07, 6.45) is 2.53. The summed E-state index contributed by atoms with van der Waals surface area (Å²) in [5, 5.41) is 0. The summed E-state index contributed by atoms with van der Waals surface area (Å²) in [7, 11) is 4.11. The molecule has 0 aliphatic rings. The van der Waals surface area contributed by atoms with Gasteiger partial charge in [0.15, 0.2) is 0 Å². The number of rotatable bonds is 7. The van der Waals surface area contributed by atoms with Gasteiger partial charge < -0.3 is 9.22 Å². The third-order valence-corrected chi connectivity index (χ3v) is 2.36. The summed E-state index contributed by atoms with van der Waals surface area (Å²) >= 11 is 0. The number of quaternary nitrogens is 1. The molecule has 12 heavy (non-hydrogen) atoms. The van der Waals surface area contributed by atoms with E-state index in [1.54, 1.807) is 7.11 Å². The fraction of sp³-hybridized carbons (Fsp3) is 1.00. The molecule has 0 saturated heterocycles. The monoisotopic (exact) mass is 174 g/mol. The third kappa shape index (κ3) is 4.73. The summed E-state index contributed by atoms with van der Waals surface area (Å²) < 4.78 is 6.28. The molecular weight excluding hydrogens is 150 g/mol.